The van der Waals surface area contributed by atoms with Gasteiger partial charge < -0.3 is 5.32 Å². The third-order valence-corrected chi connectivity index (χ3v) is 5.06. The van der Waals surface area contributed by atoms with Crippen LogP contribution in [0.1, 0.15) is 24.0 Å². The van der Waals surface area contributed by atoms with Gasteiger partial charge in [-0.15, -0.1) is 0 Å². The third kappa shape index (κ3) is 3.02. The number of hydrogen-bond donors (Lipinski definition) is 1. The molecule has 22 heavy (non-hydrogen) atoms. The quantitative estimate of drug-likeness (QED) is 0.931. The zero-order valence-corrected chi connectivity index (χ0v) is 13.6. The smallest absolute Gasteiger partial charge is 0.242 e. The van der Waals surface area contributed by atoms with Gasteiger partial charge in [-0.05, 0) is 37.5 Å². The summed E-state index contributed by atoms with van der Waals surface area (Å²) in [6.45, 7) is 5.44. The maximum Gasteiger partial charge on any atom is 0.242 e. The zero-order chi connectivity index (χ0) is 15.7. The summed E-state index contributed by atoms with van der Waals surface area (Å²) in [6, 6.07) is 5.94. The lowest BCUT2D eigenvalue weighted by molar-refractivity contribution is -0.128. The number of rotatable bonds is 3. The van der Waals surface area contributed by atoms with Crippen molar-refractivity contribution in [2.45, 2.75) is 31.9 Å². The average Bonchev–Trinajstić information content (AvgIpc) is 2.80. The largest absolute Gasteiger partial charge is 0.326 e. The molecule has 0 aliphatic carbocycles. The Morgan fingerprint density at radius 3 is 3.05 bits per heavy atom. The minimum absolute atomic E-state index is 0.0135. The van der Waals surface area contributed by atoms with Gasteiger partial charge in [0.2, 0.25) is 11.8 Å². The van der Waals surface area contributed by atoms with Gasteiger partial charge in [-0.2, -0.15) is 0 Å². The number of aryl methyl sites for hydroxylation is 2. The van der Waals surface area contributed by atoms with Crippen LogP contribution in [0.25, 0.3) is 0 Å². The number of thioether (sulfide) groups is 1. The molecule has 1 fully saturated rings. The third-order valence-electron chi connectivity index (χ3n) is 3.84. The topological polar surface area (TPSA) is 61.8 Å². The summed E-state index contributed by atoms with van der Waals surface area (Å²) in [6.07, 6.45) is 1.09. The molecule has 1 aromatic carbocycles. The molecule has 2 heterocycles. The Hall–Kier alpha value is -1.82. The second kappa shape index (κ2) is 6.12. The van der Waals surface area contributed by atoms with Crippen molar-refractivity contribution in [3.8, 4) is 0 Å². The Morgan fingerprint density at radius 1 is 1.45 bits per heavy atom. The summed E-state index contributed by atoms with van der Waals surface area (Å²) in [5, 5.41) is 3.35. The number of benzene rings is 1. The summed E-state index contributed by atoms with van der Waals surface area (Å²) >= 11 is 1.41. The molecule has 1 unspecified atom stereocenters. The molecule has 0 saturated carbocycles. The molecule has 2 aliphatic heterocycles. The highest BCUT2D eigenvalue weighted by molar-refractivity contribution is 8.15. The minimum Gasteiger partial charge on any atom is -0.326 e. The summed E-state index contributed by atoms with van der Waals surface area (Å²) in [5.74, 6) is -0.112. The molecule has 1 atom stereocenters. The molecule has 3 rings (SSSR count). The zero-order valence-electron chi connectivity index (χ0n) is 12.8. The number of carbonyl (C=O) groups is 2. The molecule has 6 heteroatoms. The minimum atomic E-state index is -0.345. The predicted octanol–water partition coefficient (Wildman–Crippen LogP) is 2.34. The van der Waals surface area contributed by atoms with E-state index in [9.17, 15) is 9.59 Å². The van der Waals surface area contributed by atoms with E-state index in [1.54, 1.807) is 4.90 Å². The van der Waals surface area contributed by atoms with E-state index in [0.29, 0.717) is 0 Å². The van der Waals surface area contributed by atoms with Crippen molar-refractivity contribution in [2.75, 3.05) is 18.4 Å². The van der Waals surface area contributed by atoms with Crippen molar-refractivity contribution >= 4 is 34.4 Å². The number of nitrogens with one attached hydrogen (secondary N) is 1. The monoisotopic (exact) mass is 317 g/mol. The van der Waals surface area contributed by atoms with Crippen molar-refractivity contribution in [2.24, 2.45) is 4.99 Å². The number of amidine groups is 1. The maximum atomic E-state index is 12.3. The summed E-state index contributed by atoms with van der Waals surface area (Å²) in [7, 11) is 0. The molecular formula is C16H19N3O2S. The van der Waals surface area contributed by atoms with E-state index >= 15 is 0 Å². The van der Waals surface area contributed by atoms with Crippen LogP contribution in [0.2, 0.25) is 0 Å². The number of anilines is 1. The van der Waals surface area contributed by atoms with E-state index in [1.807, 2.05) is 32.0 Å². The van der Waals surface area contributed by atoms with Gasteiger partial charge in [0.1, 0.15) is 5.25 Å². The van der Waals surface area contributed by atoms with E-state index in [2.05, 4.69) is 10.3 Å². The van der Waals surface area contributed by atoms with E-state index < -0.39 is 0 Å². The van der Waals surface area contributed by atoms with Crippen LogP contribution in [0.4, 0.5) is 5.69 Å². The summed E-state index contributed by atoms with van der Waals surface area (Å²) in [5.41, 5.74) is 2.93. The van der Waals surface area contributed by atoms with Gasteiger partial charge in [-0.3, -0.25) is 19.5 Å². The lowest BCUT2D eigenvalue weighted by Crippen LogP contribution is -2.36. The number of aliphatic imine (C=N–C) groups is 1. The van der Waals surface area contributed by atoms with Gasteiger partial charge in [0.15, 0.2) is 5.17 Å². The molecule has 1 saturated heterocycles. The fourth-order valence-electron chi connectivity index (χ4n) is 2.61. The lowest BCUT2D eigenvalue weighted by Gasteiger charge is -2.19. The maximum absolute atomic E-state index is 12.3. The summed E-state index contributed by atoms with van der Waals surface area (Å²) < 4.78 is 0. The van der Waals surface area contributed by atoms with Crippen LogP contribution in [0.5, 0.6) is 0 Å². The molecule has 116 valence electrons. The highest BCUT2D eigenvalue weighted by Crippen LogP contribution is 2.31. The Morgan fingerprint density at radius 2 is 2.27 bits per heavy atom. The molecule has 0 spiro atoms. The van der Waals surface area contributed by atoms with Gasteiger partial charge in [-0.1, -0.05) is 23.9 Å². The number of hydrogen-bond acceptors (Lipinski definition) is 4. The van der Waals surface area contributed by atoms with E-state index in [1.165, 1.54) is 11.8 Å². The normalized spacial score (nSPS) is 20.6. The SMILES string of the molecule is Cc1ccc(C)c(NC(=O)CC2SC3=NCCCN3C2=O)c1. The molecule has 2 amide bonds. The van der Waals surface area contributed by atoms with Gasteiger partial charge in [0, 0.05) is 25.2 Å². The van der Waals surface area contributed by atoms with Crippen LogP contribution in [-0.2, 0) is 9.59 Å². The lowest BCUT2D eigenvalue weighted by atomic mass is 10.1. The van der Waals surface area contributed by atoms with Crippen LogP contribution in [0, 0.1) is 13.8 Å². The summed E-state index contributed by atoms with van der Waals surface area (Å²) in [4.78, 5) is 30.6. The molecule has 5 nitrogen and oxygen atoms in total. The Balaban J connectivity index is 1.65. The highest BCUT2D eigenvalue weighted by Gasteiger charge is 2.39. The first-order valence-corrected chi connectivity index (χ1v) is 8.32. The standard InChI is InChI=1S/C16H19N3O2S/c1-10-4-5-11(2)12(8-10)18-14(20)9-13-15(21)19-7-3-6-17-16(19)22-13/h4-5,8,13H,3,6-7,9H2,1-2H3,(H,18,20). The van der Waals surface area contributed by atoms with E-state index in [-0.39, 0.29) is 23.5 Å². The van der Waals surface area contributed by atoms with Crippen molar-refractivity contribution in [3.63, 3.8) is 0 Å². The molecule has 2 aliphatic rings. The Labute approximate surface area is 134 Å². The fraction of sp³-hybridized carbons (Fsp3) is 0.438. The molecule has 0 radical (unpaired) electrons. The first-order chi connectivity index (χ1) is 10.5. The number of carbonyl (C=O) groups excluding carboxylic acids is 2. The van der Waals surface area contributed by atoms with Crippen molar-refractivity contribution in [1.82, 2.24) is 4.90 Å². The van der Waals surface area contributed by atoms with Crippen LogP contribution in [0.15, 0.2) is 23.2 Å². The van der Waals surface area contributed by atoms with Gasteiger partial charge in [-0.25, -0.2) is 0 Å². The molecular weight excluding hydrogens is 298 g/mol. The van der Waals surface area contributed by atoms with Crippen molar-refractivity contribution < 1.29 is 9.59 Å². The number of fused-ring (bicyclic) bond motifs is 1. The number of amides is 2. The molecule has 1 N–H and O–H groups in total. The first-order valence-electron chi connectivity index (χ1n) is 7.44. The van der Waals surface area contributed by atoms with E-state index in [4.69, 9.17) is 0 Å². The Bertz CT molecular complexity index is 657. The molecule has 1 aromatic rings. The van der Waals surface area contributed by atoms with E-state index in [0.717, 1.165) is 41.5 Å². The van der Waals surface area contributed by atoms with Crippen LogP contribution in [-0.4, -0.2) is 40.2 Å². The fourth-order valence-corrected chi connectivity index (χ4v) is 3.80. The molecule has 0 bridgehead atoms. The Kier molecular flexibility index (Phi) is 4.20. The van der Waals surface area contributed by atoms with Crippen LogP contribution < -0.4 is 5.32 Å². The molecule has 0 aromatic heterocycles. The second-order valence-electron chi connectivity index (χ2n) is 5.68. The number of nitrogens with zero attached hydrogens (tertiary/aromatic N) is 2. The van der Waals surface area contributed by atoms with Crippen LogP contribution >= 0.6 is 11.8 Å². The predicted molar refractivity (Wildman–Crippen MR) is 89.2 cm³/mol. The van der Waals surface area contributed by atoms with Crippen molar-refractivity contribution in [3.05, 3.63) is 29.3 Å². The van der Waals surface area contributed by atoms with Crippen molar-refractivity contribution in [1.29, 1.82) is 0 Å². The van der Waals surface area contributed by atoms with Gasteiger partial charge in [0.05, 0.1) is 0 Å². The second-order valence-corrected chi connectivity index (χ2v) is 6.85. The van der Waals surface area contributed by atoms with Gasteiger partial charge in [0.25, 0.3) is 0 Å². The van der Waals surface area contributed by atoms with Gasteiger partial charge >= 0.3 is 0 Å². The van der Waals surface area contributed by atoms with Crippen LogP contribution in [0.3, 0.4) is 0 Å². The average molecular weight is 317 g/mol. The first kappa shape index (κ1) is 15.1. The highest BCUT2D eigenvalue weighted by atomic mass is 32.2.